The number of hydrogen-bond acceptors (Lipinski definition) is 4. The number of thioether (sulfide) groups is 1. The molecule has 1 unspecified atom stereocenters. The van der Waals surface area contributed by atoms with E-state index in [1.54, 1.807) is 0 Å². The summed E-state index contributed by atoms with van der Waals surface area (Å²) < 4.78 is 0. The van der Waals surface area contributed by atoms with Crippen LogP contribution in [-0.2, 0) is 4.79 Å². The van der Waals surface area contributed by atoms with Gasteiger partial charge in [0.15, 0.2) is 0 Å². The Balaban J connectivity index is 2.20. The number of aliphatic carboxylic acids is 1. The molecular weight excluding hydrogens is 200 g/mol. The van der Waals surface area contributed by atoms with Crippen molar-refractivity contribution >= 4 is 17.7 Å². The van der Waals surface area contributed by atoms with E-state index in [0.717, 1.165) is 6.54 Å². The quantitative estimate of drug-likeness (QED) is 0.611. The molecule has 1 fully saturated rings. The number of nitrogens with one attached hydrogen (secondary N) is 1. The Morgan fingerprint density at radius 3 is 2.71 bits per heavy atom. The maximum absolute atomic E-state index is 10.7. The van der Waals surface area contributed by atoms with Crippen molar-refractivity contribution in [1.29, 1.82) is 0 Å². The Morgan fingerprint density at radius 2 is 2.21 bits per heavy atom. The molecule has 5 heteroatoms. The van der Waals surface area contributed by atoms with Crippen molar-refractivity contribution in [3.05, 3.63) is 0 Å². The molecule has 0 saturated carbocycles. The lowest BCUT2D eigenvalue weighted by Gasteiger charge is -2.23. The average molecular weight is 218 g/mol. The Morgan fingerprint density at radius 1 is 1.57 bits per heavy atom. The van der Waals surface area contributed by atoms with Crippen molar-refractivity contribution in [1.82, 2.24) is 5.32 Å². The van der Waals surface area contributed by atoms with E-state index in [1.807, 2.05) is 11.8 Å². The lowest BCUT2D eigenvalue weighted by molar-refractivity contribution is -0.139. The molecule has 1 heterocycles. The monoisotopic (exact) mass is 218 g/mol. The summed E-state index contributed by atoms with van der Waals surface area (Å²) in [6, 6.07) is -0.579. The van der Waals surface area contributed by atoms with Crippen LogP contribution in [0.5, 0.6) is 0 Å². The first kappa shape index (κ1) is 11.8. The van der Waals surface area contributed by atoms with Gasteiger partial charge in [-0.3, -0.25) is 4.79 Å². The van der Waals surface area contributed by atoms with Crippen LogP contribution < -0.4 is 11.1 Å². The van der Waals surface area contributed by atoms with Gasteiger partial charge in [0.05, 0.1) is 0 Å². The average Bonchev–Trinajstić information content (AvgIpc) is 2.20. The standard InChI is InChI=1S/C9H18N2O2S/c10-5-8(9(12)13)11-6-7-1-3-14-4-2-7/h7-8,11H,1-6,10H2,(H,12,13). The number of rotatable bonds is 5. The van der Waals surface area contributed by atoms with Gasteiger partial charge in [0, 0.05) is 6.54 Å². The van der Waals surface area contributed by atoms with Crippen LogP contribution in [0, 0.1) is 5.92 Å². The van der Waals surface area contributed by atoms with E-state index < -0.39 is 12.0 Å². The first-order chi connectivity index (χ1) is 6.74. The fraction of sp³-hybridized carbons (Fsp3) is 0.889. The number of carbonyl (C=O) groups is 1. The molecule has 1 saturated heterocycles. The minimum Gasteiger partial charge on any atom is -0.480 e. The van der Waals surface area contributed by atoms with E-state index in [-0.39, 0.29) is 6.54 Å². The summed E-state index contributed by atoms with van der Waals surface area (Å²) in [4.78, 5) is 10.7. The highest BCUT2D eigenvalue weighted by atomic mass is 32.2. The van der Waals surface area contributed by atoms with Gasteiger partial charge in [-0.2, -0.15) is 11.8 Å². The smallest absolute Gasteiger partial charge is 0.322 e. The SMILES string of the molecule is NCC(NCC1CCSCC1)C(=O)O. The van der Waals surface area contributed by atoms with Gasteiger partial charge in [0.25, 0.3) is 0 Å². The lowest BCUT2D eigenvalue weighted by atomic mass is 10.0. The van der Waals surface area contributed by atoms with Gasteiger partial charge in [-0.1, -0.05) is 0 Å². The fourth-order valence-electron chi connectivity index (χ4n) is 1.53. The van der Waals surface area contributed by atoms with Crippen molar-refractivity contribution in [2.75, 3.05) is 24.6 Å². The Bertz CT molecular complexity index is 184. The minimum absolute atomic E-state index is 0.163. The van der Waals surface area contributed by atoms with Crippen molar-refractivity contribution < 1.29 is 9.90 Å². The minimum atomic E-state index is -0.849. The molecule has 1 rings (SSSR count). The van der Waals surface area contributed by atoms with E-state index in [0.29, 0.717) is 5.92 Å². The lowest BCUT2D eigenvalue weighted by Crippen LogP contribution is -2.44. The van der Waals surface area contributed by atoms with Crippen molar-refractivity contribution in [2.45, 2.75) is 18.9 Å². The third-order valence-electron chi connectivity index (χ3n) is 2.53. The molecule has 14 heavy (non-hydrogen) atoms. The molecule has 0 aliphatic carbocycles. The van der Waals surface area contributed by atoms with Crippen molar-refractivity contribution in [3.8, 4) is 0 Å². The van der Waals surface area contributed by atoms with E-state index in [4.69, 9.17) is 10.8 Å². The third-order valence-corrected chi connectivity index (χ3v) is 3.58. The largest absolute Gasteiger partial charge is 0.480 e. The summed E-state index contributed by atoms with van der Waals surface area (Å²) in [6.45, 7) is 0.950. The zero-order valence-electron chi connectivity index (χ0n) is 8.24. The Kier molecular flexibility index (Phi) is 5.29. The summed E-state index contributed by atoms with van der Waals surface area (Å²) >= 11 is 1.98. The number of hydrogen-bond donors (Lipinski definition) is 3. The van der Waals surface area contributed by atoms with E-state index in [1.165, 1.54) is 24.3 Å². The predicted octanol–water partition coefficient (Wildman–Crippen LogP) is 0.131. The second-order valence-corrected chi connectivity index (χ2v) is 4.82. The first-order valence-electron chi connectivity index (χ1n) is 4.98. The molecule has 0 spiro atoms. The van der Waals surface area contributed by atoms with Gasteiger partial charge in [-0.25, -0.2) is 0 Å². The molecule has 0 radical (unpaired) electrons. The molecule has 1 atom stereocenters. The van der Waals surface area contributed by atoms with Crippen LogP contribution in [0.2, 0.25) is 0 Å². The highest BCUT2D eigenvalue weighted by Gasteiger charge is 2.18. The van der Waals surface area contributed by atoms with Gasteiger partial charge in [0.2, 0.25) is 0 Å². The molecule has 0 aromatic heterocycles. The van der Waals surface area contributed by atoms with Gasteiger partial charge in [0.1, 0.15) is 6.04 Å². The van der Waals surface area contributed by atoms with Gasteiger partial charge in [-0.05, 0) is 36.8 Å². The highest BCUT2D eigenvalue weighted by molar-refractivity contribution is 7.99. The number of carboxylic acids is 1. The van der Waals surface area contributed by atoms with Crippen molar-refractivity contribution in [3.63, 3.8) is 0 Å². The van der Waals surface area contributed by atoms with E-state index in [9.17, 15) is 4.79 Å². The molecule has 0 amide bonds. The maximum atomic E-state index is 10.7. The highest BCUT2D eigenvalue weighted by Crippen LogP contribution is 2.21. The van der Waals surface area contributed by atoms with Crippen LogP contribution in [0.4, 0.5) is 0 Å². The molecular formula is C9H18N2O2S. The molecule has 0 aromatic rings. The van der Waals surface area contributed by atoms with Gasteiger partial charge < -0.3 is 16.2 Å². The molecule has 82 valence electrons. The normalized spacial score (nSPS) is 20.6. The molecule has 4 nitrogen and oxygen atoms in total. The second-order valence-electron chi connectivity index (χ2n) is 3.59. The summed E-state index contributed by atoms with van der Waals surface area (Å²) in [7, 11) is 0. The maximum Gasteiger partial charge on any atom is 0.322 e. The topological polar surface area (TPSA) is 75.3 Å². The summed E-state index contributed by atoms with van der Waals surface area (Å²) in [6.07, 6.45) is 2.38. The van der Waals surface area contributed by atoms with E-state index in [2.05, 4.69) is 5.32 Å². The molecule has 1 aliphatic rings. The van der Waals surface area contributed by atoms with Gasteiger partial charge in [-0.15, -0.1) is 0 Å². The van der Waals surface area contributed by atoms with Crippen LogP contribution in [0.3, 0.4) is 0 Å². The Labute approximate surface area is 88.6 Å². The molecule has 0 aromatic carbocycles. The van der Waals surface area contributed by atoms with Crippen LogP contribution in [0.1, 0.15) is 12.8 Å². The summed E-state index contributed by atoms with van der Waals surface area (Å²) in [5.41, 5.74) is 5.34. The van der Waals surface area contributed by atoms with Crippen LogP contribution in [-0.4, -0.2) is 41.7 Å². The zero-order chi connectivity index (χ0) is 10.4. The number of nitrogens with two attached hydrogens (primary N) is 1. The fourth-order valence-corrected chi connectivity index (χ4v) is 2.74. The molecule has 0 bridgehead atoms. The van der Waals surface area contributed by atoms with E-state index >= 15 is 0 Å². The summed E-state index contributed by atoms with van der Waals surface area (Å²) in [5.74, 6) is 2.18. The Hall–Kier alpha value is -0.260. The number of carboxylic acid groups (broad SMARTS) is 1. The van der Waals surface area contributed by atoms with Crippen LogP contribution >= 0.6 is 11.8 Å². The summed E-state index contributed by atoms with van der Waals surface area (Å²) in [5, 5.41) is 11.8. The predicted molar refractivity (Wildman–Crippen MR) is 58.5 cm³/mol. The van der Waals surface area contributed by atoms with Crippen LogP contribution in [0.15, 0.2) is 0 Å². The zero-order valence-corrected chi connectivity index (χ0v) is 9.05. The molecule has 1 aliphatic heterocycles. The third kappa shape index (κ3) is 3.86. The first-order valence-corrected chi connectivity index (χ1v) is 6.13. The van der Waals surface area contributed by atoms with Crippen molar-refractivity contribution in [2.24, 2.45) is 11.7 Å². The second kappa shape index (κ2) is 6.27. The van der Waals surface area contributed by atoms with Crippen LogP contribution in [0.25, 0.3) is 0 Å². The van der Waals surface area contributed by atoms with Gasteiger partial charge >= 0.3 is 5.97 Å². The molecule has 4 N–H and O–H groups in total.